The SMILES string of the molecule is Cc1cnc(C(=O)c2ccc(F)c(F)c2F)nc1. The predicted molar refractivity (Wildman–Crippen MR) is 56.5 cm³/mol. The fourth-order valence-corrected chi connectivity index (χ4v) is 1.33. The van der Waals surface area contributed by atoms with Crippen LogP contribution in [0.1, 0.15) is 21.7 Å². The second kappa shape index (κ2) is 4.56. The lowest BCUT2D eigenvalue weighted by molar-refractivity contribution is 0.102. The molecule has 1 heterocycles. The van der Waals surface area contributed by atoms with E-state index in [2.05, 4.69) is 9.97 Å². The first-order valence-electron chi connectivity index (χ1n) is 4.97. The fraction of sp³-hybridized carbons (Fsp3) is 0.0833. The lowest BCUT2D eigenvalue weighted by Crippen LogP contribution is -2.10. The van der Waals surface area contributed by atoms with E-state index < -0.39 is 28.8 Å². The van der Waals surface area contributed by atoms with Crippen molar-refractivity contribution >= 4 is 5.78 Å². The number of aryl methyl sites for hydroxylation is 1. The molecule has 18 heavy (non-hydrogen) atoms. The summed E-state index contributed by atoms with van der Waals surface area (Å²) in [4.78, 5) is 19.2. The average Bonchev–Trinajstić information content (AvgIpc) is 2.36. The molecule has 6 heteroatoms. The second-order valence-electron chi connectivity index (χ2n) is 3.64. The van der Waals surface area contributed by atoms with Gasteiger partial charge in [0.2, 0.25) is 11.6 Å². The maximum absolute atomic E-state index is 13.4. The minimum atomic E-state index is -1.69. The van der Waals surface area contributed by atoms with Gasteiger partial charge in [0.1, 0.15) is 0 Å². The largest absolute Gasteiger partial charge is 0.285 e. The van der Waals surface area contributed by atoms with Gasteiger partial charge in [-0.3, -0.25) is 4.79 Å². The molecule has 1 aromatic carbocycles. The van der Waals surface area contributed by atoms with E-state index >= 15 is 0 Å². The molecular formula is C12H7F3N2O. The van der Waals surface area contributed by atoms with Crippen LogP contribution in [-0.4, -0.2) is 15.8 Å². The van der Waals surface area contributed by atoms with Crippen molar-refractivity contribution in [2.45, 2.75) is 6.92 Å². The van der Waals surface area contributed by atoms with Crippen molar-refractivity contribution in [1.29, 1.82) is 0 Å². The number of hydrogen-bond acceptors (Lipinski definition) is 3. The summed E-state index contributed by atoms with van der Waals surface area (Å²) in [6, 6.07) is 1.54. The molecular weight excluding hydrogens is 245 g/mol. The van der Waals surface area contributed by atoms with Crippen molar-refractivity contribution in [3.05, 3.63) is 58.9 Å². The Morgan fingerprint density at radius 3 is 2.28 bits per heavy atom. The molecule has 0 unspecified atom stereocenters. The summed E-state index contributed by atoms with van der Waals surface area (Å²) in [6.07, 6.45) is 2.75. The summed E-state index contributed by atoms with van der Waals surface area (Å²) in [6.45, 7) is 1.71. The Morgan fingerprint density at radius 2 is 1.67 bits per heavy atom. The number of ketones is 1. The van der Waals surface area contributed by atoms with E-state index in [1.165, 1.54) is 12.4 Å². The van der Waals surface area contributed by atoms with Gasteiger partial charge in [0.25, 0.3) is 0 Å². The van der Waals surface area contributed by atoms with Crippen LogP contribution in [0.25, 0.3) is 0 Å². The first-order valence-corrected chi connectivity index (χ1v) is 4.97. The average molecular weight is 252 g/mol. The molecule has 0 fully saturated rings. The summed E-state index contributed by atoms with van der Waals surface area (Å²) < 4.78 is 39.1. The predicted octanol–water partition coefficient (Wildman–Crippen LogP) is 2.43. The van der Waals surface area contributed by atoms with E-state index in [4.69, 9.17) is 0 Å². The zero-order valence-corrected chi connectivity index (χ0v) is 9.25. The van der Waals surface area contributed by atoms with Gasteiger partial charge in [-0.2, -0.15) is 0 Å². The number of nitrogens with zero attached hydrogens (tertiary/aromatic N) is 2. The highest BCUT2D eigenvalue weighted by molar-refractivity contribution is 6.06. The van der Waals surface area contributed by atoms with Crippen LogP contribution in [0.15, 0.2) is 24.5 Å². The molecule has 0 atom stereocenters. The molecule has 0 bridgehead atoms. The Hall–Kier alpha value is -2.24. The molecule has 0 aliphatic rings. The number of rotatable bonds is 2. The number of aromatic nitrogens is 2. The Labute approximate surface area is 100 Å². The van der Waals surface area contributed by atoms with Crippen molar-refractivity contribution < 1.29 is 18.0 Å². The number of carbonyl (C=O) groups excluding carboxylic acids is 1. The fourth-order valence-electron chi connectivity index (χ4n) is 1.33. The van der Waals surface area contributed by atoms with E-state index in [0.29, 0.717) is 6.07 Å². The zero-order valence-electron chi connectivity index (χ0n) is 9.25. The Morgan fingerprint density at radius 1 is 1.06 bits per heavy atom. The number of benzene rings is 1. The van der Waals surface area contributed by atoms with Crippen LogP contribution in [0, 0.1) is 24.4 Å². The maximum Gasteiger partial charge on any atom is 0.233 e. The lowest BCUT2D eigenvalue weighted by Gasteiger charge is -2.03. The van der Waals surface area contributed by atoms with Crippen LogP contribution in [0.3, 0.4) is 0 Å². The minimum absolute atomic E-state index is 0.273. The van der Waals surface area contributed by atoms with Crippen LogP contribution >= 0.6 is 0 Å². The smallest absolute Gasteiger partial charge is 0.233 e. The van der Waals surface area contributed by atoms with Crippen LogP contribution in [0.2, 0.25) is 0 Å². The van der Waals surface area contributed by atoms with E-state index in [1.807, 2.05) is 0 Å². The number of carbonyl (C=O) groups is 1. The molecule has 0 radical (unpaired) electrons. The third-order valence-corrected chi connectivity index (χ3v) is 2.26. The van der Waals surface area contributed by atoms with Gasteiger partial charge in [0, 0.05) is 12.4 Å². The van der Waals surface area contributed by atoms with Gasteiger partial charge in [-0.15, -0.1) is 0 Å². The van der Waals surface area contributed by atoms with E-state index in [9.17, 15) is 18.0 Å². The highest BCUT2D eigenvalue weighted by Gasteiger charge is 2.21. The second-order valence-corrected chi connectivity index (χ2v) is 3.64. The molecule has 0 amide bonds. The molecule has 2 aromatic rings. The summed E-state index contributed by atoms with van der Waals surface area (Å²) in [5.74, 6) is -5.75. The number of halogens is 3. The highest BCUT2D eigenvalue weighted by atomic mass is 19.2. The molecule has 0 saturated carbocycles. The van der Waals surface area contributed by atoms with Crippen LogP contribution < -0.4 is 0 Å². The molecule has 0 aliphatic carbocycles. The monoisotopic (exact) mass is 252 g/mol. The first kappa shape index (κ1) is 12.2. The summed E-state index contributed by atoms with van der Waals surface area (Å²) >= 11 is 0. The Bertz CT molecular complexity index is 611. The van der Waals surface area contributed by atoms with E-state index in [1.54, 1.807) is 6.92 Å². The van der Waals surface area contributed by atoms with E-state index in [-0.39, 0.29) is 5.82 Å². The van der Waals surface area contributed by atoms with Gasteiger partial charge >= 0.3 is 0 Å². The lowest BCUT2D eigenvalue weighted by atomic mass is 10.1. The van der Waals surface area contributed by atoms with Crippen molar-refractivity contribution in [2.75, 3.05) is 0 Å². The topological polar surface area (TPSA) is 42.9 Å². The molecule has 0 saturated heterocycles. The standard InChI is InChI=1S/C12H7F3N2O/c1-6-4-16-12(17-5-6)11(18)7-2-3-8(13)10(15)9(7)14/h2-5H,1H3. The van der Waals surface area contributed by atoms with Gasteiger partial charge in [-0.05, 0) is 24.6 Å². The van der Waals surface area contributed by atoms with Crippen molar-refractivity contribution in [1.82, 2.24) is 9.97 Å². The quantitative estimate of drug-likeness (QED) is 0.609. The third kappa shape index (κ3) is 2.09. The van der Waals surface area contributed by atoms with Gasteiger partial charge in [-0.25, -0.2) is 23.1 Å². The van der Waals surface area contributed by atoms with Crippen molar-refractivity contribution in [2.24, 2.45) is 0 Å². The normalized spacial score (nSPS) is 10.4. The molecule has 2 rings (SSSR count). The summed E-state index contributed by atoms with van der Waals surface area (Å²) in [5, 5.41) is 0. The van der Waals surface area contributed by atoms with Gasteiger partial charge in [-0.1, -0.05) is 0 Å². The number of hydrogen-bond donors (Lipinski definition) is 0. The molecule has 0 N–H and O–H groups in total. The zero-order chi connectivity index (χ0) is 13.3. The maximum atomic E-state index is 13.4. The third-order valence-electron chi connectivity index (χ3n) is 2.26. The van der Waals surface area contributed by atoms with E-state index in [0.717, 1.165) is 11.6 Å². The van der Waals surface area contributed by atoms with Crippen LogP contribution in [0.5, 0.6) is 0 Å². The van der Waals surface area contributed by atoms with Crippen molar-refractivity contribution in [3.63, 3.8) is 0 Å². The summed E-state index contributed by atoms with van der Waals surface area (Å²) in [7, 11) is 0. The van der Waals surface area contributed by atoms with Gasteiger partial charge in [0.15, 0.2) is 17.5 Å². The van der Waals surface area contributed by atoms with Crippen molar-refractivity contribution in [3.8, 4) is 0 Å². The Kier molecular flexibility index (Phi) is 3.10. The summed E-state index contributed by atoms with van der Waals surface area (Å²) in [5.41, 5.74) is 0.120. The molecule has 3 nitrogen and oxygen atoms in total. The van der Waals surface area contributed by atoms with Crippen LogP contribution in [0.4, 0.5) is 13.2 Å². The minimum Gasteiger partial charge on any atom is -0.285 e. The first-order chi connectivity index (χ1) is 8.50. The highest BCUT2D eigenvalue weighted by Crippen LogP contribution is 2.17. The van der Waals surface area contributed by atoms with Gasteiger partial charge in [0.05, 0.1) is 5.56 Å². The molecule has 92 valence electrons. The molecule has 1 aromatic heterocycles. The Balaban J connectivity index is 2.46. The van der Waals surface area contributed by atoms with Crippen LogP contribution in [-0.2, 0) is 0 Å². The van der Waals surface area contributed by atoms with Gasteiger partial charge < -0.3 is 0 Å². The molecule has 0 spiro atoms. The molecule has 0 aliphatic heterocycles.